The van der Waals surface area contributed by atoms with E-state index in [1.165, 1.54) is 6.42 Å². The Bertz CT molecular complexity index is 163. The highest BCUT2D eigenvalue weighted by molar-refractivity contribution is 5.79. The highest BCUT2D eigenvalue weighted by atomic mass is 16.5. The van der Waals surface area contributed by atoms with Crippen molar-refractivity contribution in [1.29, 1.82) is 0 Å². The van der Waals surface area contributed by atoms with Crippen molar-refractivity contribution in [3.8, 4) is 0 Å². The lowest BCUT2D eigenvalue weighted by molar-refractivity contribution is 0.133. The van der Waals surface area contributed by atoms with E-state index in [-0.39, 0.29) is 5.84 Å². The number of unbranched alkanes of at least 4 members (excludes halogenated alkanes) is 1. The Morgan fingerprint density at radius 1 is 1.33 bits per heavy atom. The molecule has 5 heteroatoms. The SMILES string of the molecule is CCCCOCCNCCCC(N)=NO. The molecule has 0 radical (unpaired) electrons. The highest BCUT2D eigenvalue weighted by Gasteiger charge is 1.93. The maximum atomic E-state index is 8.28. The molecule has 0 heterocycles. The van der Waals surface area contributed by atoms with Gasteiger partial charge in [0.25, 0.3) is 0 Å². The molecule has 90 valence electrons. The summed E-state index contributed by atoms with van der Waals surface area (Å²) in [5.41, 5.74) is 5.32. The number of oxime groups is 1. The number of hydrogen-bond donors (Lipinski definition) is 3. The van der Waals surface area contributed by atoms with Crippen molar-refractivity contribution in [3.63, 3.8) is 0 Å². The van der Waals surface area contributed by atoms with Crippen LogP contribution < -0.4 is 11.1 Å². The van der Waals surface area contributed by atoms with Gasteiger partial charge in [0, 0.05) is 19.6 Å². The van der Waals surface area contributed by atoms with E-state index < -0.39 is 0 Å². The number of nitrogens with zero attached hydrogens (tertiary/aromatic N) is 1. The van der Waals surface area contributed by atoms with E-state index in [1.807, 2.05) is 0 Å². The quantitative estimate of drug-likeness (QED) is 0.167. The van der Waals surface area contributed by atoms with Crippen molar-refractivity contribution >= 4 is 5.84 Å². The Morgan fingerprint density at radius 3 is 2.80 bits per heavy atom. The summed E-state index contributed by atoms with van der Waals surface area (Å²) in [4.78, 5) is 0. The van der Waals surface area contributed by atoms with Crippen LogP contribution in [0.25, 0.3) is 0 Å². The third kappa shape index (κ3) is 11.1. The fraction of sp³-hybridized carbons (Fsp3) is 0.900. The van der Waals surface area contributed by atoms with Gasteiger partial charge in [0.2, 0.25) is 0 Å². The van der Waals surface area contributed by atoms with Crippen LogP contribution in [0.5, 0.6) is 0 Å². The van der Waals surface area contributed by atoms with Crippen molar-refractivity contribution in [3.05, 3.63) is 0 Å². The van der Waals surface area contributed by atoms with Crippen LogP contribution in [0.4, 0.5) is 0 Å². The minimum Gasteiger partial charge on any atom is -0.409 e. The lowest BCUT2D eigenvalue weighted by atomic mass is 10.3. The Balaban J connectivity index is 2.99. The molecule has 0 fully saturated rings. The van der Waals surface area contributed by atoms with Crippen LogP contribution >= 0.6 is 0 Å². The van der Waals surface area contributed by atoms with Gasteiger partial charge in [0.05, 0.1) is 6.61 Å². The summed E-state index contributed by atoms with van der Waals surface area (Å²) in [5.74, 6) is 0.288. The Labute approximate surface area is 91.7 Å². The predicted octanol–water partition coefficient (Wildman–Crippen LogP) is 0.919. The molecule has 0 aliphatic rings. The second-order valence-corrected chi connectivity index (χ2v) is 3.41. The standard InChI is InChI=1S/C10H23N3O2/c1-2-3-8-15-9-7-12-6-4-5-10(11)13-14/h12,14H,2-9H2,1H3,(H2,11,13). The molecule has 15 heavy (non-hydrogen) atoms. The lowest BCUT2D eigenvalue weighted by Gasteiger charge is -2.05. The van der Waals surface area contributed by atoms with Gasteiger partial charge in [-0.05, 0) is 19.4 Å². The Kier molecular flexibility index (Phi) is 10.7. The number of nitrogens with two attached hydrogens (primary N) is 1. The molecule has 4 N–H and O–H groups in total. The van der Waals surface area contributed by atoms with E-state index in [0.717, 1.165) is 39.1 Å². The molecule has 0 atom stereocenters. The Hall–Kier alpha value is -0.810. The molecule has 5 nitrogen and oxygen atoms in total. The minimum absolute atomic E-state index is 0.288. The molecular weight excluding hydrogens is 194 g/mol. The summed E-state index contributed by atoms with van der Waals surface area (Å²) in [6.45, 7) is 5.48. The van der Waals surface area contributed by atoms with Gasteiger partial charge in [-0.1, -0.05) is 18.5 Å². The number of rotatable bonds is 10. The van der Waals surface area contributed by atoms with Crippen LogP contribution in [0.2, 0.25) is 0 Å². The maximum Gasteiger partial charge on any atom is 0.139 e. The number of hydrogen-bond acceptors (Lipinski definition) is 4. The normalized spacial score (nSPS) is 11.9. The van der Waals surface area contributed by atoms with E-state index in [4.69, 9.17) is 15.7 Å². The van der Waals surface area contributed by atoms with Crippen molar-refractivity contribution in [2.75, 3.05) is 26.3 Å². The second-order valence-electron chi connectivity index (χ2n) is 3.41. The van der Waals surface area contributed by atoms with Gasteiger partial charge in [0.1, 0.15) is 5.84 Å². The van der Waals surface area contributed by atoms with Gasteiger partial charge in [0.15, 0.2) is 0 Å². The summed E-state index contributed by atoms with van der Waals surface area (Å²) in [6.07, 6.45) is 3.81. The van der Waals surface area contributed by atoms with E-state index in [1.54, 1.807) is 0 Å². The summed E-state index contributed by atoms with van der Waals surface area (Å²) < 4.78 is 5.37. The van der Waals surface area contributed by atoms with E-state index in [2.05, 4.69) is 17.4 Å². The molecule has 0 spiro atoms. The minimum atomic E-state index is 0.288. The van der Waals surface area contributed by atoms with Crippen molar-refractivity contribution in [2.24, 2.45) is 10.9 Å². The number of nitrogens with one attached hydrogen (secondary N) is 1. The maximum absolute atomic E-state index is 8.28. The second kappa shape index (κ2) is 11.3. The van der Waals surface area contributed by atoms with Gasteiger partial charge in [-0.15, -0.1) is 0 Å². The van der Waals surface area contributed by atoms with Crippen molar-refractivity contribution in [1.82, 2.24) is 5.32 Å². The van der Waals surface area contributed by atoms with Gasteiger partial charge in [-0.3, -0.25) is 0 Å². The molecule has 0 aliphatic heterocycles. The molecule has 0 aromatic rings. The van der Waals surface area contributed by atoms with Gasteiger partial charge < -0.3 is 21.0 Å². The van der Waals surface area contributed by atoms with Crippen LogP contribution in [0, 0.1) is 0 Å². The first-order chi connectivity index (χ1) is 7.31. The van der Waals surface area contributed by atoms with Gasteiger partial charge in [-0.25, -0.2) is 0 Å². The average Bonchev–Trinajstić information content (AvgIpc) is 2.26. The summed E-state index contributed by atoms with van der Waals surface area (Å²) in [5, 5.41) is 14.4. The molecule has 0 saturated heterocycles. The first-order valence-electron chi connectivity index (χ1n) is 5.56. The zero-order chi connectivity index (χ0) is 11.4. The molecule has 0 rings (SSSR count). The molecule has 0 aromatic heterocycles. The lowest BCUT2D eigenvalue weighted by Crippen LogP contribution is -2.22. The smallest absolute Gasteiger partial charge is 0.139 e. The van der Waals surface area contributed by atoms with E-state index in [9.17, 15) is 0 Å². The third-order valence-corrected chi connectivity index (χ3v) is 1.98. The zero-order valence-corrected chi connectivity index (χ0v) is 9.54. The van der Waals surface area contributed by atoms with E-state index in [0.29, 0.717) is 6.42 Å². The van der Waals surface area contributed by atoms with Gasteiger partial charge in [-0.2, -0.15) is 0 Å². The zero-order valence-electron chi connectivity index (χ0n) is 9.54. The predicted molar refractivity (Wildman–Crippen MR) is 61.2 cm³/mol. The van der Waals surface area contributed by atoms with Crippen molar-refractivity contribution < 1.29 is 9.94 Å². The first kappa shape index (κ1) is 14.2. The molecule has 0 saturated carbocycles. The number of amidine groups is 1. The van der Waals surface area contributed by atoms with Crippen LogP contribution in [0.15, 0.2) is 5.16 Å². The van der Waals surface area contributed by atoms with Crippen molar-refractivity contribution in [2.45, 2.75) is 32.6 Å². The molecule has 0 aromatic carbocycles. The van der Waals surface area contributed by atoms with Crippen LogP contribution in [-0.2, 0) is 4.74 Å². The first-order valence-corrected chi connectivity index (χ1v) is 5.56. The Morgan fingerprint density at radius 2 is 2.13 bits per heavy atom. The van der Waals surface area contributed by atoms with E-state index >= 15 is 0 Å². The molecule has 0 unspecified atom stereocenters. The monoisotopic (exact) mass is 217 g/mol. The summed E-state index contributed by atoms with van der Waals surface area (Å²) in [6, 6.07) is 0. The number of ether oxygens (including phenoxy) is 1. The summed E-state index contributed by atoms with van der Waals surface area (Å²) in [7, 11) is 0. The molecule has 0 bridgehead atoms. The van der Waals surface area contributed by atoms with Crippen LogP contribution in [0.1, 0.15) is 32.6 Å². The summed E-state index contributed by atoms with van der Waals surface area (Å²) >= 11 is 0. The third-order valence-electron chi connectivity index (χ3n) is 1.98. The topological polar surface area (TPSA) is 79.9 Å². The molecular formula is C10H23N3O2. The molecule has 0 aliphatic carbocycles. The fourth-order valence-electron chi connectivity index (χ4n) is 1.06. The highest BCUT2D eigenvalue weighted by Crippen LogP contribution is 1.88. The fourth-order valence-corrected chi connectivity index (χ4v) is 1.06. The average molecular weight is 217 g/mol. The van der Waals surface area contributed by atoms with Crippen LogP contribution in [-0.4, -0.2) is 37.3 Å². The van der Waals surface area contributed by atoms with Crippen LogP contribution in [0.3, 0.4) is 0 Å². The molecule has 0 amide bonds. The largest absolute Gasteiger partial charge is 0.409 e. The van der Waals surface area contributed by atoms with Gasteiger partial charge >= 0.3 is 0 Å².